The highest BCUT2D eigenvalue weighted by molar-refractivity contribution is 5.87. The fourth-order valence-corrected chi connectivity index (χ4v) is 3.54. The minimum Gasteiger partial charge on any atom is -0.507 e. The normalized spacial score (nSPS) is 22.5. The average Bonchev–Trinajstić information content (AvgIpc) is 2.56. The third-order valence-corrected chi connectivity index (χ3v) is 5.16. The van der Waals surface area contributed by atoms with Gasteiger partial charge in [-0.1, -0.05) is 20.3 Å². The van der Waals surface area contributed by atoms with Crippen LogP contribution in [0, 0.1) is 5.92 Å². The molecule has 0 radical (unpaired) electrons. The number of aliphatic hydroxyl groups excluding tert-OH is 2. The summed E-state index contributed by atoms with van der Waals surface area (Å²) < 4.78 is 11.6. The van der Waals surface area contributed by atoms with Gasteiger partial charge in [0.1, 0.15) is 40.4 Å². The van der Waals surface area contributed by atoms with Crippen LogP contribution in [0.15, 0.2) is 21.3 Å². The Morgan fingerprint density at radius 2 is 2.08 bits per heavy atom. The minimum atomic E-state index is -0.783. The van der Waals surface area contributed by atoms with E-state index in [0.29, 0.717) is 23.7 Å². The molecule has 0 amide bonds. The van der Waals surface area contributed by atoms with Gasteiger partial charge in [-0.3, -0.25) is 4.79 Å². The first-order chi connectivity index (χ1) is 12.2. The topological polar surface area (TPSA) is 100 Å². The van der Waals surface area contributed by atoms with Crippen molar-refractivity contribution >= 4 is 11.0 Å². The number of aliphatic hydroxyl groups is 2. The first kappa shape index (κ1) is 18.7. The second kappa shape index (κ2) is 6.93. The van der Waals surface area contributed by atoms with Crippen LogP contribution >= 0.6 is 0 Å². The largest absolute Gasteiger partial charge is 0.507 e. The zero-order chi connectivity index (χ0) is 19.1. The van der Waals surface area contributed by atoms with E-state index < -0.39 is 23.7 Å². The number of rotatable bonds is 5. The lowest BCUT2D eigenvalue weighted by Gasteiger charge is -2.40. The molecule has 0 bridgehead atoms. The Kier molecular flexibility index (Phi) is 4.99. The van der Waals surface area contributed by atoms with Crippen LogP contribution < -0.4 is 10.2 Å². The van der Waals surface area contributed by atoms with Gasteiger partial charge in [-0.15, -0.1) is 0 Å². The molecule has 142 valence electrons. The first-order valence-electron chi connectivity index (χ1n) is 9.04. The average molecular weight is 362 g/mol. The maximum atomic E-state index is 12.2. The van der Waals surface area contributed by atoms with Crippen LogP contribution in [0.3, 0.4) is 0 Å². The van der Waals surface area contributed by atoms with Crippen LogP contribution in [-0.2, 0) is 13.0 Å². The van der Waals surface area contributed by atoms with Gasteiger partial charge in [0.25, 0.3) is 0 Å². The summed E-state index contributed by atoms with van der Waals surface area (Å²) in [7, 11) is 0. The van der Waals surface area contributed by atoms with Gasteiger partial charge in [0.2, 0.25) is 0 Å². The molecule has 2 atom stereocenters. The van der Waals surface area contributed by atoms with E-state index in [1.807, 2.05) is 6.92 Å². The molecule has 26 heavy (non-hydrogen) atoms. The Hall–Kier alpha value is -2.05. The molecule has 2 heterocycles. The lowest BCUT2D eigenvalue weighted by atomic mass is 9.84. The summed E-state index contributed by atoms with van der Waals surface area (Å²) in [5.41, 5.74) is -0.624. The number of hydrogen-bond acceptors (Lipinski definition) is 6. The van der Waals surface area contributed by atoms with E-state index in [0.717, 1.165) is 18.9 Å². The number of benzene rings is 1. The molecule has 1 aliphatic heterocycles. The van der Waals surface area contributed by atoms with Gasteiger partial charge in [-0.2, -0.15) is 0 Å². The summed E-state index contributed by atoms with van der Waals surface area (Å²) in [5.74, 6) is 0.882. The molecule has 1 aromatic heterocycles. The molecule has 3 N–H and O–H groups in total. The first-order valence-corrected chi connectivity index (χ1v) is 9.04. The van der Waals surface area contributed by atoms with E-state index in [4.69, 9.17) is 9.15 Å². The molecule has 6 heteroatoms. The van der Waals surface area contributed by atoms with Crippen molar-refractivity contribution in [3.63, 3.8) is 0 Å². The smallest absolute Gasteiger partial charge is 0.196 e. The van der Waals surface area contributed by atoms with E-state index in [1.165, 1.54) is 0 Å². The minimum absolute atomic E-state index is 0.0418. The van der Waals surface area contributed by atoms with Crippen molar-refractivity contribution in [2.75, 3.05) is 0 Å². The standard InChI is InChI=1S/C20H26O6/c1-11(2)5-4-6-20(3)17(23)8-13-15(26-20)9-16-18(19(13)24)14(22)7-12(10-21)25-16/h7,9,11,17,21,23-24H,4-6,8,10H2,1-3H3/t17-,20-/m1/s1. The molecule has 0 saturated carbocycles. The van der Waals surface area contributed by atoms with E-state index in [2.05, 4.69) is 13.8 Å². The van der Waals surface area contributed by atoms with Crippen molar-refractivity contribution in [3.05, 3.63) is 33.7 Å². The molecule has 6 nitrogen and oxygen atoms in total. The molecule has 2 aromatic rings. The van der Waals surface area contributed by atoms with Gasteiger partial charge in [-0.25, -0.2) is 0 Å². The van der Waals surface area contributed by atoms with Crippen LogP contribution in [0.25, 0.3) is 11.0 Å². The van der Waals surface area contributed by atoms with Crippen molar-refractivity contribution < 1.29 is 24.5 Å². The molecule has 0 saturated heterocycles. The summed E-state index contributed by atoms with van der Waals surface area (Å²) in [4.78, 5) is 12.2. The zero-order valence-corrected chi connectivity index (χ0v) is 15.4. The number of aromatic hydroxyl groups is 1. The lowest BCUT2D eigenvalue weighted by molar-refractivity contribution is -0.0613. The Bertz CT molecular complexity index is 869. The Balaban J connectivity index is 2.02. The highest BCUT2D eigenvalue weighted by atomic mass is 16.5. The maximum Gasteiger partial charge on any atom is 0.196 e. The second-order valence-electron chi connectivity index (χ2n) is 7.73. The highest BCUT2D eigenvalue weighted by Gasteiger charge is 2.41. The van der Waals surface area contributed by atoms with Gasteiger partial charge in [0.05, 0.1) is 6.10 Å². The zero-order valence-electron chi connectivity index (χ0n) is 15.4. The molecule has 0 spiro atoms. The fourth-order valence-electron chi connectivity index (χ4n) is 3.54. The van der Waals surface area contributed by atoms with Crippen LogP contribution in [-0.4, -0.2) is 27.0 Å². The van der Waals surface area contributed by atoms with Gasteiger partial charge >= 0.3 is 0 Å². The fraction of sp³-hybridized carbons (Fsp3) is 0.550. The molecule has 3 rings (SSSR count). The molecule has 1 aliphatic rings. The highest BCUT2D eigenvalue weighted by Crippen LogP contribution is 2.43. The summed E-state index contributed by atoms with van der Waals surface area (Å²) in [6.07, 6.45) is 2.07. The third-order valence-electron chi connectivity index (χ3n) is 5.16. The molecule has 0 fully saturated rings. The maximum absolute atomic E-state index is 12.2. The summed E-state index contributed by atoms with van der Waals surface area (Å²) >= 11 is 0. The number of fused-ring (bicyclic) bond motifs is 2. The van der Waals surface area contributed by atoms with Crippen molar-refractivity contribution in [1.29, 1.82) is 0 Å². The quantitative estimate of drug-likeness (QED) is 0.756. The predicted molar refractivity (Wildman–Crippen MR) is 97.5 cm³/mol. The van der Waals surface area contributed by atoms with Crippen LogP contribution in [0.5, 0.6) is 11.5 Å². The monoisotopic (exact) mass is 362 g/mol. The Labute approximate surface area is 152 Å². The third kappa shape index (κ3) is 3.31. The number of phenols is 1. The van der Waals surface area contributed by atoms with Crippen molar-refractivity contribution in [2.24, 2.45) is 5.92 Å². The predicted octanol–water partition coefficient (Wildman–Crippen LogP) is 2.87. The van der Waals surface area contributed by atoms with E-state index >= 15 is 0 Å². The van der Waals surface area contributed by atoms with Gasteiger partial charge in [0, 0.05) is 24.1 Å². The van der Waals surface area contributed by atoms with Crippen molar-refractivity contribution in [2.45, 2.75) is 64.8 Å². The van der Waals surface area contributed by atoms with E-state index in [-0.39, 0.29) is 28.9 Å². The molecular weight excluding hydrogens is 336 g/mol. The van der Waals surface area contributed by atoms with Crippen molar-refractivity contribution in [1.82, 2.24) is 0 Å². The summed E-state index contributed by atoms with van der Waals surface area (Å²) in [6.45, 7) is 5.76. The van der Waals surface area contributed by atoms with Gasteiger partial charge in [0.15, 0.2) is 5.43 Å². The molecule has 1 aromatic carbocycles. The molecule has 0 aliphatic carbocycles. The molecular formula is C20H26O6. The SMILES string of the molecule is CC(C)CCC[C@@]1(C)Oc2cc3oc(CO)cc(=O)c3c(O)c2C[C@H]1O. The van der Waals surface area contributed by atoms with Crippen LogP contribution in [0.4, 0.5) is 0 Å². The van der Waals surface area contributed by atoms with Crippen LogP contribution in [0.1, 0.15) is 51.4 Å². The summed E-state index contributed by atoms with van der Waals surface area (Å²) in [5, 5.41) is 30.5. The van der Waals surface area contributed by atoms with E-state index in [1.54, 1.807) is 6.07 Å². The number of phenolic OH excluding ortho intramolecular Hbond substituents is 1. The van der Waals surface area contributed by atoms with Crippen molar-refractivity contribution in [3.8, 4) is 11.5 Å². The second-order valence-corrected chi connectivity index (χ2v) is 7.73. The molecule has 0 unspecified atom stereocenters. The number of ether oxygens (including phenoxy) is 1. The van der Waals surface area contributed by atoms with Gasteiger partial charge in [-0.05, 0) is 25.7 Å². The summed E-state index contributed by atoms with van der Waals surface area (Å²) in [6, 6.07) is 2.72. The number of hydrogen-bond donors (Lipinski definition) is 3. The van der Waals surface area contributed by atoms with Crippen LogP contribution in [0.2, 0.25) is 0 Å². The van der Waals surface area contributed by atoms with E-state index in [9.17, 15) is 20.1 Å². The Morgan fingerprint density at radius 1 is 1.35 bits per heavy atom. The lowest BCUT2D eigenvalue weighted by Crippen LogP contribution is -2.49. The van der Waals surface area contributed by atoms with Gasteiger partial charge < -0.3 is 24.5 Å². The Morgan fingerprint density at radius 3 is 2.73 bits per heavy atom.